The molecule has 19 heavy (non-hydrogen) atoms. The summed E-state index contributed by atoms with van der Waals surface area (Å²) in [6.45, 7) is 0.958. The minimum absolute atomic E-state index is 0.0558. The van der Waals surface area contributed by atoms with E-state index in [1.807, 2.05) is 0 Å². The van der Waals surface area contributed by atoms with E-state index in [1.165, 1.54) is 0 Å². The van der Waals surface area contributed by atoms with Gasteiger partial charge in [-0.3, -0.25) is 4.79 Å². The van der Waals surface area contributed by atoms with Crippen molar-refractivity contribution < 1.29 is 14.7 Å². The summed E-state index contributed by atoms with van der Waals surface area (Å²) in [4.78, 5) is 23.9. The van der Waals surface area contributed by atoms with Crippen LogP contribution in [0.5, 0.6) is 0 Å². The number of carbonyl (C=O) groups excluding carboxylic acids is 1. The molecule has 5 nitrogen and oxygen atoms in total. The Balaban J connectivity index is 1.86. The number of nitrogens with one attached hydrogen (secondary N) is 1. The van der Waals surface area contributed by atoms with Crippen LogP contribution in [0.15, 0.2) is 24.3 Å². The number of aliphatic carboxylic acids is 1. The summed E-state index contributed by atoms with van der Waals surface area (Å²) in [5.41, 5.74) is 1.34. The van der Waals surface area contributed by atoms with E-state index in [2.05, 4.69) is 11.2 Å². The molecule has 0 radical (unpaired) electrons. The fourth-order valence-electron chi connectivity index (χ4n) is 2.00. The molecule has 0 aliphatic carbocycles. The van der Waals surface area contributed by atoms with Crippen LogP contribution in [-0.4, -0.2) is 35.1 Å². The number of hydrogen-bond acceptors (Lipinski definition) is 2. The number of hydrogen-bond donors (Lipinski definition) is 2. The van der Waals surface area contributed by atoms with Gasteiger partial charge < -0.3 is 15.3 Å². The van der Waals surface area contributed by atoms with Crippen LogP contribution < -0.4 is 5.32 Å². The summed E-state index contributed by atoms with van der Waals surface area (Å²) in [5.74, 6) is 1.73. The van der Waals surface area contributed by atoms with E-state index < -0.39 is 5.97 Å². The van der Waals surface area contributed by atoms with Gasteiger partial charge in [-0.25, -0.2) is 4.79 Å². The number of likely N-dealkylation sites (tertiary alicyclic amines) is 1. The van der Waals surface area contributed by atoms with Gasteiger partial charge in [0.2, 0.25) is 0 Å². The molecule has 2 rings (SSSR count). The van der Waals surface area contributed by atoms with Gasteiger partial charge >= 0.3 is 12.0 Å². The minimum atomic E-state index is -0.827. The summed E-state index contributed by atoms with van der Waals surface area (Å²) in [7, 11) is 0. The fourth-order valence-corrected chi connectivity index (χ4v) is 2.00. The van der Waals surface area contributed by atoms with Crippen LogP contribution in [0.25, 0.3) is 0 Å². The first-order valence-electron chi connectivity index (χ1n) is 5.93. The first-order chi connectivity index (χ1) is 9.08. The van der Waals surface area contributed by atoms with Crippen molar-refractivity contribution >= 4 is 17.7 Å². The molecular formula is C14H14N2O3. The molecule has 1 saturated heterocycles. The first-order valence-corrected chi connectivity index (χ1v) is 5.93. The Hall–Kier alpha value is -2.48. The lowest BCUT2D eigenvalue weighted by atomic mass is 9.97. The Morgan fingerprint density at radius 1 is 1.47 bits per heavy atom. The Morgan fingerprint density at radius 3 is 2.84 bits per heavy atom. The molecule has 0 unspecified atom stereocenters. The van der Waals surface area contributed by atoms with E-state index in [0.717, 1.165) is 0 Å². The molecule has 0 bridgehead atoms. The third-order valence-corrected chi connectivity index (χ3v) is 2.99. The predicted octanol–water partition coefficient (Wildman–Crippen LogP) is 1.61. The molecule has 0 atom stereocenters. The first kappa shape index (κ1) is 13.0. The van der Waals surface area contributed by atoms with Gasteiger partial charge in [-0.05, 0) is 18.2 Å². The lowest BCUT2D eigenvalue weighted by molar-refractivity contribution is -0.139. The SMILES string of the molecule is C#Cc1cccc(NC(=O)N2CC(CC(=O)O)C2)c1. The number of amides is 2. The van der Waals surface area contributed by atoms with Crippen LogP contribution >= 0.6 is 0 Å². The van der Waals surface area contributed by atoms with Gasteiger partial charge in [-0.2, -0.15) is 0 Å². The van der Waals surface area contributed by atoms with Gasteiger partial charge in [0.1, 0.15) is 0 Å². The number of carboxylic acids is 1. The molecule has 1 aliphatic heterocycles. The summed E-state index contributed by atoms with van der Waals surface area (Å²) in [6.07, 6.45) is 5.39. The zero-order valence-electron chi connectivity index (χ0n) is 10.3. The van der Waals surface area contributed by atoms with E-state index >= 15 is 0 Å². The largest absolute Gasteiger partial charge is 0.481 e. The van der Waals surface area contributed by atoms with E-state index in [4.69, 9.17) is 11.5 Å². The van der Waals surface area contributed by atoms with Crippen molar-refractivity contribution in [3.05, 3.63) is 29.8 Å². The lowest BCUT2D eigenvalue weighted by Crippen LogP contribution is -2.52. The second-order valence-corrected chi connectivity index (χ2v) is 4.52. The van der Waals surface area contributed by atoms with Crippen molar-refractivity contribution in [3.63, 3.8) is 0 Å². The van der Waals surface area contributed by atoms with Crippen molar-refractivity contribution in [2.75, 3.05) is 18.4 Å². The van der Waals surface area contributed by atoms with E-state index in [1.54, 1.807) is 29.2 Å². The smallest absolute Gasteiger partial charge is 0.321 e. The lowest BCUT2D eigenvalue weighted by Gasteiger charge is -2.38. The quantitative estimate of drug-likeness (QED) is 0.809. The maximum Gasteiger partial charge on any atom is 0.321 e. The predicted molar refractivity (Wildman–Crippen MR) is 70.7 cm³/mol. The van der Waals surface area contributed by atoms with Crippen LogP contribution in [0.4, 0.5) is 10.5 Å². The number of terminal acetylenes is 1. The fraction of sp³-hybridized carbons (Fsp3) is 0.286. The monoisotopic (exact) mass is 258 g/mol. The van der Waals surface area contributed by atoms with Gasteiger partial charge in [0.05, 0.1) is 6.42 Å². The van der Waals surface area contributed by atoms with Crippen LogP contribution in [0, 0.1) is 18.3 Å². The molecule has 2 N–H and O–H groups in total. The highest BCUT2D eigenvalue weighted by Gasteiger charge is 2.31. The van der Waals surface area contributed by atoms with Crippen LogP contribution in [-0.2, 0) is 4.79 Å². The molecule has 2 amide bonds. The van der Waals surface area contributed by atoms with Crippen molar-refractivity contribution in [3.8, 4) is 12.3 Å². The third-order valence-electron chi connectivity index (χ3n) is 2.99. The molecule has 1 aliphatic rings. The molecule has 0 aromatic heterocycles. The molecule has 1 aromatic carbocycles. The summed E-state index contributed by atoms with van der Waals surface area (Å²) in [6, 6.07) is 6.80. The Labute approximate surface area is 111 Å². The summed E-state index contributed by atoms with van der Waals surface area (Å²) in [5, 5.41) is 11.4. The summed E-state index contributed by atoms with van der Waals surface area (Å²) < 4.78 is 0. The maximum absolute atomic E-state index is 11.8. The Kier molecular flexibility index (Phi) is 3.71. The molecular weight excluding hydrogens is 244 g/mol. The van der Waals surface area contributed by atoms with E-state index in [0.29, 0.717) is 24.3 Å². The molecule has 1 fully saturated rings. The second kappa shape index (κ2) is 5.44. The van der Waals surface area contributed by atoms with Crippen LogP contribution in [0.1, 0.15) is 12.0 Å². The minimum Gasteiger partial charge on any atom is -0.481 e. The Morgan fingerprint density at radius 2 is 2.21 bits per heavy atom. The zero-order chi connectivity index (χ0) is 13.8. The van der Waals surface area contributed by atoms with Crippen LogP contribution in [0.3, 0.4) is 0 Å². The second-order valence-electron chi connectivity index (χ2n) is 4.52. The van der Waals surface area contributed by atoms with Gasteiger partial charge in [0, 0.05) is 30.3 Å². The zero-order valence-corrected chi connectivity index (χ0v) is 10.3. The van der Waals surface area contributed by atoms with Gasteiger partial charge in [0.25, 0.3) is 0 Å². The number of benzene rings is 1. The highest BCUT2D eigenvalue weighted by atomic mass is 16.4. The molecule has 1 aromatic rings. The number of rotatable bonds is 3. The molecule has 98 valence electrons. The average Bonchev–Trinajstić information content (AvgIpc) is 2.33. The number of nitrogens with zero attached hydrogens (tertiary/aromatic N) is 1. The number of carboxylic acid groups (broad SMARTS) is 1. The normalized spacial score (nSPS) is 14.4. The van der Waals surface area contributed by atoms with Crippen molar-refractivity contribution in [1.29, 1.82) is 0 Å². The Bertz CT molecular complexity index is 542. The van der Waals surface area contributed by atoms with Gasteiger partial charge in [-0.1, -0.05) is 12.0 Å². The number of carbonyl (C=O) groups is 2. The van der Waals surface area contributed by atoms with Crippen molar-refractivity contribution in [1.82, 2.24) is 4.90 Å². The number of anilines is 1. The van der Waals surface area contributed by atoms with E-state index in [9.17, 15) is 9.59 Å². The highest BCUT2D eigenvalue weighted by Crippen LogP contribution is 2.20. The van der Waals surface area contributed by atoms with Crippen molar-refractivity contribution in [2.24, 2.45) is 5.92 Å². The topological polar surface area (TPSA) is 69.6 Å². The molecule has 1 heterocycles. The third kappa shape index (κ3) is 3.26. The molecule has 0 spiro atoms. The molecule has 0 saturated carbocycles. The number of urea groups is 1. The van der Waals surface area contributed by atoms with Crippen molar-refractivity contribution in [2.45, 2.75) is 6.42 Å². The van der Waals surface area contributed by atoms with Crippen LogP contribution in [0.2, 0.25) is 0 Å². The standard InChI is InChI=1S/C14H14N2O3/c1-2-10-4-3-5-12(6-10)15-14(19)16-8-11(9-16)7-13(17)18/h1,3-6,11H,7-9H2,(H,15,19)(H,17,18). The highest BCUT2D eigenvalue weighted by molar-refractivity contribution is 5.90. The van der Waals surface area contributed by atoms with E-state index in [-0.39, 0.29) is 18.4 Å². The average molecular weight is 258 g/mol. The summed E-state index contributed by atoms with van der Waals surface area (Å²) >= 11 is 0. The maximum atomic E-state index is 11.8. The molecule has 5 heteroatoms. The van der Waals surface area contributed by atoms with Gasteiger partial charge in [0.15, 0.2) is 0 Å². The van der Waals surface area contributed by atoms with Gasteiger partial charge in [-0.15, -0.1) is 6.42 Å².